The first-order chi connectivity index (χ1) is 9.28. The Hall–Kier alpha value is -2.07. The molecule has 98 valence electrons. The van der Waals surface area contributed by atoms with Crippen LogP contribution in [0.2, 0.25) is 0 Å². The number of furan rings is 1. The molecule has 0 bridgehead atoms. The largest absolute Gasteiger partial charge is 0.469 e. The van der Waals surface area contributed by atoms with Crippen LogP contribution in [0.25, 0.3) is 0 Å². The molecule has 1 aromatic heterocycles. The van der Waals surface area contributed by atoms with Crippen molar-refractivity contribution in [2.75, 3.05) is 5.32 Å². The van der Waals surface area contributed by atoms with E-state index in [1.807, 2.05) is 30.3 Å². The number of hydrogen-bond donors (Lipinski definition) is 2. The Morgan fingerprint density at radius 2 is 2.26 bits per heavy atom. The standard InChI is InChI=1S/C15H15NO3/c17-9-10-3-1-4-11(7-10)16-15(18)13-8-12(13)14-5-2-6-19-14/h1-7,12-13,17H,8-9H2,(H,16,18). The lowest BCUT2D eigenvalue weighted by molar-refractivity contribution is -0.117. The number of anilines is 1. The van der Waals surface area contributed by atoms with Gasteiger partial charge in [0.25, 0.3) is 0 Å². The predicted molar refractivity (Wildman–Crippen MR) is 70.6 cm³/mol. The number of nitrogens with one attached hydrogen (secondary N) is 1. The summed E-state index contributed by atoms with van der Waals surface area (Å²) in [7, 11) is 0. The van der Waals surface area contributed by atoms with Gasteiger partial charge in [0, 0.05) is 17.5 Å². The lowest BCUT2D eigenvalue weighted by Crippen LogP contribution is -2.14. The summed E-state index contributed by atoms with van der Waals surface area (Å²) < 4.78 is 5.31. The first kappa shape index (κ1) is 12.0. The molecule has 0 spiro atoms. The van der Waals surface area contributed by atoms with Gasteiger partial charge in [-0.1, -0.05) is 12.1 Å². The molecule has 2 unspecified atom stereocenters. The third-order valence-electron chi connectivity index (χ3n) is 3.41. The molecule has 0 radical (unpaired) electrons. The van der Waals surface area contributed by atoms with Crippen molar-refractivity contribution in [2.24, 2.45) is 5.92 Å². The molecule has 2 aromatic rings. The second kappa shape index (κ2) is 4.90. The third kappa shape index (κ3) is 2.53. The van der Waals surface area contributed by atoms with E-state index in [4.69, 9.17) is 9.52 Å². The van der Waals surface area contributed by atoms with Gasteiger partial charge in [0.05, 0.1) is 12.9 Å². The van der Waals surface area contributed by atoms with Gasteiger partial charge >= 0.3 is 0 Å². The second-order valence-electron chi connectivity index (χ2n) is 4.81. The van der Waals surface area contributed by atoms with Gasteiger partial charge in [-0.2, -0.15) is 0 Å². The number of carbonyl (C=O) groups excluding carboxylic acids is 1. The summed E-state index contributed by atoms with van der Waals surface area (Å²) in [5.74, 6) is 1.08. The van der Waals surface area contributed by atoms with E-state index in [9.17, 15) is 4.79 Å². The van der Waals surface area contributed by atoms with Crippen molar-refractivity contribution >= 4 is 11.6 Å². The van der Waals surface area contributed by atoms with Crippen molar-refractivity contribution in [3.63, 3.8) is 0 Å². The highest BCUT2D eigenvalue weighted by Gasteiger charge is 2.45. The van der Waals surface area contributed by atoms with Gasteiger partial charge in [-0.25, -0.2) is 0 Å². The fraction of sp³-hybridized carbons (Fsp3) is 0.267. The summed E-state index contributed by atoms with van der Waals surface area (Å²) in [4.78, 5) is 12.1. The van der Waals surface area contributed by atoms with Gasteiger partial charge in [0.1, 0.15) is 5.76 Å². The molecule has 4 heteroatoms. The highest BCUT2D eigenvalue weighted by atomic mass is 16.3. The van der Waals surface area contributed by atoms with Crippen molar-refractivity contribution in [1.29, 1.82) is 0 Å². The number of hydrogen-bond acceptors (Lipinski definition) is 3. The molecule has 1 aliphatic rings. The summed E-state index contributed by atoms with van der Waals surface area (Å²) in [5, 5.41) is 11.9. The van der Waals surface area contributed by atoms with Crippen LogP contribution in [0.5, 0.6) is 0 Å². The molecule has 1 saturated carbocycles. The van der Waals surface area contributed by atoms with Gasteiger partial charge in [-0.05, 0) is 36.2 Å². The molecular formula is C15H15NO3. The van der Waals surface area contributed by atoms with E-state index in [0.717, 1.165) is 23.4 Å². The number of amides is 1. The SMILES string of the molecule is O=C(Nc1cccc(CO)c1)C1CC1c1ccco1. The van der Waals surface area contributed by atoms with Crippen LogP contribution in [0.1, 0.15) is 23.7 Å². The van der Waals surface area contributed by atoms with E-state index in [1.165, 1.54) is 0 Å². The molecular weight excluding hydrogens is 242 g/mol. The normalized spacial score (nSPS) is 21.1. The first-order valence-corrected chi connectivity index (χ1v) is 6.32. The van der Waals surface area contributed by atoms with E-state index >= 15 is 0 Å². The minimum atomic E-state index is -0.0256. The molecule has 1 amide bonds. The maximum atomic E-state index is 12.1. The molecule has 1 aromatic carbocycles. The number of aliphatic hydroxyl groups excluding tert-OH is 1. The van der Waals surface area contributed by atoms with Crippen LogP contribution in [0, 0.1) is 5.92 Å². The van der Waals surface area contributed by atoms with Crippen LogP contribution >= 0.6 is 0 Å². The molecule has 4 nitrogen and oxygen atoms in total. The van der Waals surface area contributed by atoms with Gasteiger partial charge in [-0.3, -0.25) is 4.79 Å². The monoisotopic (exact) mass is 257 g/mol. The summed E-state index contributed by atoms with van der Waals surface area (Å²) >= 11 is 0. The van der Waals surface area contributed by atoms with Gasteiger partial charge in [0.15, 0.2) is 0 Å². The maximum absolute atomic E-state index is 12.1. The average Bonchev–Trinajstić information content (AvgIpc) is 3.05. The summed E-state index contributed by atoms with van der Waals surface area (Å²) in [6.45, 7) is -0.0256. The summed E-state index contributed by atoms with van der Waals surface area (Å²) in [6.07, 6.45) is 2.46. The molecule has 2 N–H and O–H groups in total. The molecule has 1 aliphatic carbocycles. The van der Waals surface area contributed by atoms with Crippen LogP contribution < -0.4 is 5.32 Å². The summed E-state index contributed by atoms with van der Waals surface area (Å²) in [5.41, 5.74) is 1.51. The fourth-order valence-electron chi connectivity index (χ4n) is 2.28. The van der Waals surface area contributed by atoms with Crippen LogP contribution in [0.15, 0.2) is 47.1 Å². The number of rotatable bonds is 4. The lowest BCUT2D eigenvalue weighted by Gasteiger charge is -2.05. The van der Waals surface area contributed by atoms with Gasteiger partial charge in [-0.15, -0.1) is 0 Å². The van der Waals surface area contributed by atoms with E-state index in [-0.39, 0.29) is 24.3 Å². The van der Waals surface area contributed by atoms with Crippen molar-refractivity contribution in [1.82, 2.24) is 0 Å². The lowest BCUT2D eigenvalue weighted by atomic mass is 10.2. The van der Waals surface area contributed by atoms with E-state index in [2.05, 4.69) is 5.32 Å². The molecule has 19 heavy (non-hydrogen) atoms. The molecule has 0 saturated heterocycles. The van der Waals surface area contributed by atoms with Crippen LogP contribution in [0.3, 0.4) is 0 Å². The molecule has 3 rings (SSSR count). The zero-order valence-electron chi connectivity index (χ0n) is 10.4. The number of benzene rings is 1. The zero-order chi connectivity index (χ0) is 13.2. The summed E-state index contributed by atoms with van der Waals surface area (Å²) in [6, 6.07) is 11.0. The van der Waals surface area contributed by atoms with Crippen LogP contribution in [-0.4, -0.2) is 11.0 Å². The van der Waals surface area contributed by atoms with Crippen molar-refractivity contribution in [2.45, 2.75) is 18.9 Å². The molecule has 1 fully saturated rings. The van der Waals surface area contributed by atoms with Crippen molar-refractivity contribution in [3.8, 4) is 0 Å². The van der Waals surface area contributed by atoms with Crippen LogP contribution in [-0.2, 0) is 11.4 Å². The highest BCUT2D eigenvalue weighted by Crippen LogP contribution is 2.48. The molecule has 2 atom stereocenters. The topological polar surface area (TPSA) is 62.5 Å². The van der Waals surface area contributed by atoms with Crippen molar-refractivity contribution < 1.29 is 14.3 Å². The number of carbonyl (C=O) groups is 1. The zero-order valence-corrected chi connectivity index (χ0v) is 10.4. The van der Waals surface area contributed by atoms with Crippen LogP contribution in [0.4, 0.5) is 5.69 Å². The Morgan fingerprint density at radius 3 is 3.00 bits per heavy atom. The third-order valence-corrected chi connectivity index (χ3v) is 3.41. The molecule has 0 aliphatic heterocycles. The van der Waals surface area contributed by atoms with E-state index in [1.54, 1.807) is 12.3 Å². The fourth-order valence-corrected chi connectivity index (χ4v) is 2.28. The quantitative estimate of drug-likeness (QED) is 0.884. The average molecular weight is 257 g/mol. The van der Waals surface area contributed by atoms with Crippen molar-refractivity contribution in [3.05, 3.63) is 54.0 Å². The Morgan fingerprint density at radius 1 is 1.37 bits per heavy atom. The molecule has 1 heterocycles. The van der Waals surface area contributed by atoms with E-state index in [0.29, 0.717) is 0 Å². The number of aliphatic hydroxyl groups is 1. The second-order valence-corrected chi connectivity index (χ2v) is 4.81. The van der Waals surface area contributed by atoms with E-state index < -0.39 is 0 Å². The minimum Gasteiger partial charge on any atom is -0.469 e. The van der Waals surface area contributed by atoms with Gasteiger partial charge in [0.2, 0.25) is 5.91 Å². The Balaban J connectivity index is 1.63. The Labute approximate surface area is 111 Å². The minimum absolute atomic E-state index is 0.0102. The highest BCUT2D eigenvalue weighted by molar-refractivity contribution is 5.95. The first-order valence-electron chi connectivity index (χ1n) is 6.32. The van der Waals surface area contributed by atoms with Gasteiger partial charge < -0.3 is 14.8 Å². The predicted octanol–water partition coefficient (Wildman–Crippen LogP) is 2.51. The Kier molecular flexibility index (Phi) is 3.09. The Bertz CT molecular complexity index is 577. The maximum Gasteiger partial charge on any atom is 0.228 e. The smallest absolute Gasteiger partial charge is 0.228 e.